The van der Waals surface area contributed by atoms with Crippen LogP contribution in [-0.4, -0.2) is 47.4 Å². The van der Waals surface area contributed by atoms with E-state index < -0.39 is 12.1 Å². The summed E-state index contributed by atoms with van der Waals surface area (Å²) in [4.78, 5) is 24.6. The van der Waals surface area contributed by atoms with Crippen LogP contribution >= 0.6 is 0 Å². The van der Waals surface area contributed by atoms with Gasteiger partial charge in [-0.1, -0.05) is 281 Å². The summed E-state index contributed by atoms with van der Waals surface area (Å²) in [6.45, 7) is 4.88. The lowest BCUT2D eigenvalue weighted by Crippen LogP contribution is -2.45. The van der Waals surface area contributed by atoms with Gasteiger partial charge in [0.25, 0.3) is 0 Å². The van der Waals surface area contributed by atoms with Crippen molar-refractivity contribution in [3.8, 4) is 0 Å². The van der Waals surface area contributed by atoms with Crippen molar-refractivity contribution in [3.05, 3.63) is 48.6 Å². The second-order valence-electron chi connectivity index (χ2n) is 21.7. The van der Waals surface area contributed by atoms with Gasteiger partial charge in [0.15, 0.2) is 0 Å². The molecule has 0 rings (SSSR count). The number of rotatable bonds is 59. The molecule has 0 heterocycles. The molecule has 0 aromatic carbocycles. The highest BCUT2D eigenvalue weighted by molar-refractivity contribution is 5.76. The first-order valence-corrected chi connectivity index (χ1v) is 31.9. The molecule has 1 amide bonds. The molecule has 2 atom stereocenters. The van der Waals surface area contributed by atoms with Crippen molar-refractivity contribution in [2.24, 2.45) is 0 Å². The van der Waals surface area contributed by atoms with Gasteiger partial charge in [-0.15, -0.1) is 0 Å². The minimum absolute atomic E-state index is 0.0113. The molecule has 6 nitrogen and oxygen atoms in total. The van der Waals surface area contributed by atoms with Crippen LogP contribution in [0.1, 0.15) is 335 Å². The van der Waals surface area contributed by atoms with Gasteiger partial charge >= 0.3 is 5.97 Å². The van der Waals surface area contributed by atoms with Gasteiger partial charge in [-0.2, -0.15) is 0 Å². The number of hydrogen-bond donors (Lipinski definition) is 3. The van der Waals surface area contributed by atoms with Crippen LogP contribution in [0.15, 0.2) is 48.6 Å². The lowest BCUT2D eigenvalue weighted by Gasteiger charge is -2.20. The number of unbranched alkanes of at least 4 members (excludes halogenated alkanes) is 42. The molecular formula is C66H123NO5. The number of esters is 1. The van der Waals surface area contributed by atoms with Gasteiger partial charge in [-0.3, -0.25) is 9.59 Å². The van der Waals surface area contributed by atoms with E-state index in [1.807, 2.05) is 6.08 Å². The average molecular weight is 1010 g/mol. The first-order valence-electron chi connectivity index (χ1n) is 31.9. The zero-order valence-electron chi connectivity index (χ0n) is 48.2. The summed E-state index contributed by atoms with van der Waals surface area (Å²) < 4.78 is 5.47. The summed E-state index contributed by atoms with van der Waals surface area (Å²) >= 11 is 0. The van der Waals surface area contributed by atoms with Gasteiger partial charge in [0.05, 0.1) is 25.4 Å². The quantitative estimate of drug-likeness (QED) is 0.0320. The summed E-state index contributed by atoms with van der Waals surface area (Å²) in [5.74, 6) is -0.0920. The van der Waals surface area contributed by atoms with E-state index in [0.29, 0.717) is 19.4 Å². The van der Waals surface area contributed by atoms with Gasteiger partial charge < -0.3 is 20.3 Å². The summed E-state index contributed by atoms with van der Waals surface area (Å²) in [6.07, 6.45) is 78.6. The molecule has 6 heteroatoms. The Bertz CT molecular complexity index is 1210. The molecule has 0 saturated heterocycles. The first kappa shape index (κ1) is 69.8. The molecule has 422 valence electrons. The van der Waals surface area contributed by atoms with Crippen LogP contribution in [0.3, 0.4) is 0 Å². The number of hydrogen-bond acceptors (Lipinski definition) is 5. The number of ether oxygens (including phenoxy) is 1. The minimum Gasteiger partial charge on any atom is -0.466 e. The Morgan fingerprint density at radius 3 is 1.08 bits per heavy atom. The lowest BCUT2D eigenvalue weighted by atomic mass is 10.0. The Hall–Kier alpha value is -2.18. The summed E-state index contributed by atoms with van der Waals surface area (Å²) in [6, 6.07) is -0.640. The number of amides is 1. The highest BCUT2D eigenvalue weighted by Crippen LogP contribution is 2.17. The van der Waals surface area contributed by atoms with Crippen molar-refractivity contribution in [2.45, 2.75) is 347 Å². The molecule has 0 radical (unpaired) electrons. The molecule has 0 aromatic heterocycles. The number of nitrogens with one attached hydrogen (secondary N) is 1. The molecule has 0 aliphatic carbocycles. The molecule has 0 saturated carbocycles. The molecule has 0 fully saturated rings. The molecule has 3 N–H and O–H groups in total. The van der Waals surface area contributed by atoms with E-state index in [9.17, 15) is 19.8 Å². The Kier molecular flexibility index (Phi) is 59.5. The third-order valence-electron chi connectivity index (χ3n) is 14.6. The number of aliphatic hydroxyl groups excluding tert-OH is 2. The number of aliphatic hydroxyl groups is 2. The van der Waals surface area contributed by atoms with Crippen LogP contribution < -0.4 is 5.32 Å². The van der Waals surface area contributed by atoms with Crippen LogP contribution in [0.25, 0.3) is 0 Å². The Morgan fingerprint density at radius 1 is 0.389 bits per heavy atom. The van der Waals surface area contributed by atoms with Crippen molar-refractivity contribution in [2.75, 3.05) is 13.2 Å². The van der Waals surface area contributed by atoms with E-state index in [0.717, 1.165) is 70.6 Å². The predicted octanol–water partition coefficient (Wildman–Crippen LogP) is 20.1. The Labute approximate surface area is 448 Å². The van der Waals surface area contributed by atoms with Crippen LogP contribution in [0.5, 0.6) is 0 Å². The highest BCUT2D eigenvalue weighted by atomic mass is 16.5. The fourth-order valence-electron chi connectivity index (χ4n) is 9.66. The van der Waals surface area contributed by atoms with Gasteiger partial charge in [0.2, 0.25) is 5.91 Å². The van der Waals surface area contributed by atoms with Crippen LogP contribution in [0.4, 0.5) is 0 Å². The van der Waals surface area contributed by atoms with E-state index in [1.54, 1.807) is 6.08 Å². The van der Waals surface area contributed by atoms with Crippen molar-refractivity contribution >= 4 is 11.9 Å². The van der Waals surface area contributed by atoms with Crippen molar-refractivity contribution in [1.29, 1.82) is 0 Å². The van der Waals surface area contributed by atoms with E-state index in [4.69, 9.17) is 4.74 Å². The third-order valence-corrected chi connectivity index (χ3v) is 14.6. The van der Waals surface area contributed by atoms with Crippen LogP contribution in [0, 0.1) is 0 Å². The van der Waals surface area contributed by atoms with Crippen molar-refractivity contribution in [3.63, 3.8) is 0 Å². The smallest absolute Gasteiger partial charge is 0.305 e. The molecule has 0 bridgehead atoms. The normalized spacial score (nSPS) is 12.9. The van der Waals surface area contributed by atoms with Crippen LogP contribution in [-0.2, 0) is 14.3 Å². The molecular weight excluding hydrogens is 887 g/mol. The molecule has 0 aliphatic heterocycles. The summed E-state index contributed by atoms with van der Waals surface area (Å²) in [5.41, 5.74) is 0. The van der Waals surface area contributed by atoms with Gasteiger partial charge in [-0.25, -0.2) is 0 Å². The third kappa shape index (κ3) is 57.1. The maximum Gasteiger partial charge on any atom is 0.305 e. The monoisotopic (exact) mass is 1010 g/mol. The molecule has 0 aliphatic rings. The van der Waals surface area contributed by atoms with E-state index >= 15 is 0 Å². The topological polar surface area (TPSA) is 95.9 Å². The van der Waals surface area contributed by atoms with E-state index in [1.165, 1.54) is 238 Å². The van der Waals surface area contributed by atoms with Crippen LogP contribution in [0.2, 0.25) is 0 Å². The van der Waals surface area contributed by atoms with E-state index in [2.05, 4.69) is 55.6 Å². The largest absolute Gasteiger partial charge is 0.466 e. The Balaban J connectivity index is 3.49. The predicted molar refractivity (Wildman–Crippen MR) is 315 cm³/mol. The fourth-order valence-corrected chi connectivity index (χ4v) is 9.66. The number of allylic oxidation sites excluding steroid dienone is 7. The maximum absolute atomic E-state index is 12.5. The minimum atomic E-state index is -0.855. The molecule has 0 aromatic rings. The molecule has 0 spiro atoms. The molecule has 2 unspecified atom stereocenters. The maximum atomic E-state index is 12.5. The second-order valence-corrected chi connectivity index (χ2v) is 21.7. The lowest BCUT2D eigenvalue weighted by molar-refractivity contribution is -0.143. The van der Waals surface area contributed by atoms with Crippen molar-refractivity contribution < 1.29 is 24.5 Å². The zero-order valence-corrected chi connectivity index (χ0v) is 48.2. The number of carbonyl (C=O) groups is 2. The van der Waals surface area contributed by atoms with Gasteiger partial charge in [0.1, 0.15) is 0 Å². The Morgan fingerprint density at radius 2 is 0.694 bits per heavy atom. The summed E-state index contributed by atoms with van der Waals surface area (Å²) in [7, 11) is 0. The van der Waals surface area contributed by atoms with E-state index in [-0.39, 0.29) is 18.5 Å². The zero-order chi connectivity index (χ0) is 52.2. The number of carbonyl (C=O) groups excluding carboxylic acids is 2. The first-order chi connectivity index (χ1) is 35.5. The average Bonchev–Trinajstić information content (AvgIpc) is 3.38. The van der Waals surface area contributed by atoms with Crippen molar-refractivity contribution in [1.82, 2.24) is 5.32 Å². The van der Waals surface area contributed by atoms with Gasteiger partial charge in [0, 0.05) is 12.8 Å². The summed E-state index contributed by atoms with van der Waals surface area (Å²) in [5, 5.41) is 23.2. The second kappa shape index (κ2) is 61.4. The molecule has 72 heavy (non-hydrogen) atoms. The van der Waals surface area contributed by atoms with Gasteiger partial charge in [-0.05, 0) is 89.9 Å². The fraction of sp³-hybridized carbons (Fsp3) is 0.848. The standard InChI is InChI=1S/C66H123NO5/c1-3-5-7-9-11-13-15-17-19-21-22-23-24-27-30-34-38-42-46-50-54-58-64(69)63(62-68)67-65(70)59-55-51-47-43-39-35-31-28-25-26-29-33-37-41-45-49-53-57-61-72-66(71)60-56-52-48-44-40-36-32-20-18-16-14-12-10-8-6-4-2/h14,16,20,28,31-32,54,58,63-64,68-69H,3-13,15,17-19,21-27,29-30,33-53,55-57,59-62H2,1-2H3,(H,67,70)/b16-14-,31-28-,32-20-,58-54+. The highest BCUT2D eigenvalue weighted by Gasteiger charge is 2.18. The SMILES string of the molecule is CCCCCC/C=C\C/C=C\CCCCCCCC(=O)OCCCCCCCCCCC/C=C\CCCCCCCC(=O)NC(CO)C(O)/C=C/CCCCCCCCCCCCCCCCCCCCC.